The van der Waals surface area contributed by atoms with Crippen LogP contribution in [0.15, 0.2) is 48.5 Å². The summed E-state index contributed by atoms with van der Waals surface area (Å²) in [5, 5.41) is 4.31. The second-order valence-corrected chi connectivity index (χ2v) is 10.3. The molecule has 1 saturated carbocycles. The molecule has 5 rings (SSSR count). The van der Waals surface area contributed by atoms with Crippen LogP contribution >= 0.6 is 0 Å². The molecular weight excluding hydrogens is 438 g/mol. The molecule has 2 aliphatic rings. The summed E-state index contributed by atoms with van der Waals surface area (Å²) in [6.45, 7) is 4.29. The molecule has 0 radical (unpaired) electrons. The van der Waals surface area contributed by atoms with Crippen molar-refractivity contribution in [1.29, 1.82) is 0 Å². The van der Waals surface area contributed by atoms with Gasteiger partial charge in [-0.05, 0) is 57.0 Å². The number of methoxy groups -OCH3 is 1. The maximum Gasteiger partial charge on any atom is 0.275 e. The molecule has 1 atom stereocenters. The van der Waals surface area contributed by atoms with Crippen molar-refractivity contribution < 1.29 is 14.3 Å². The summed E-state index contributed by atoms with van der Waals surface area (Å²) in [5.41, 5.74) is 2.27. The van der Waals surface area contributed by atoms with Crippen LogP contribution < -0.4 is 15.0 Å². The van der Waals surface area contributed by atoms with Gasteiger partial charge in [-0.1, -0.05) is 49.8 Å². The zero-order chi connectivity index (χ0) is 24.6. The number of benzene rings is 2. The van der Waals surface area contributed by atoms with Crippen molar-refractivity contribution >= 4 is 28.4 Å². The van der Waals surface area contributed by atoms with Crippen molar-refractivity contribution in [3.05, 3.63) is 59.8 Å². The van der Waals surface area contributed by atoms with E-state index in [2.05, 4.69) is 5.32 Å². The summed E-state index contributed by atoms with van der Waals surface area (Å²) >= 11 is 0. The minimum Gasteiger partial charge on any atom is -0.497 e. The highest BCUT2D eigenvalue weighted by molar-refractivity contribution is 6.14. The highest BCUT2D eigenvalue weighted by atomic mass is 16.5. The van der Waals surface area contributed by atoms with E-state index < -0.39 is 5.54 Å². The topological polar surface area (TPSA) is 63.6 Å². The molecule has 35 heavy (non-hydrogen) atoms. The number of nitrogens with one attached hydrogen (secondary N) is 1. The Balaban J connectivity index is 1.58. The molecule has 0 bridgehead atoms. The maximum atomic E-state index is 14.0. The molecule has 184 valence electrons. The van der Waals surface area contributed by atoms with Crippen molar-refractivity contribution in [3.63, 3.8) is 0 Å². The smallest absolute Gasteiger partial charge is 0.275 e. The fourth-order valence-corrected chi connectivity index (χ4v) is 5.64. The van der Waals surface area contributed by atoms with Crippen LogP contribution in [0.2, 0.25) is 0 Å². The van der Waals surface area contributed by atoms with Crippen LogP contribution in [0.4, 0.5) is 5.69 Å². The Bertz CT molecular complexity index is 1240. The second kappa shape index (κ2) is 9.40. The van der Waals surface area contributed by atoms with E-state index in [1.54, 1.807) is 12.0 Å². The van der Waals surface area contributed by atoms with Gasteiger partial charge in [0.2, 0.25) is 5.91 Å². The van der Waals surface area contributed by atoms with E-state index in [1.165, 1.54) is 19.3 Å². The van der Waals surface area contributed by atoms with Gasteiger partial charge in [-0.15, -0.1) is 0 Å². The van der Waals surface area contributed by atoms with Gasteiger partial charge in [0.1, 0.15) is 17.0 Å². The number of amides is 2. The highest BCUT2D eigenvalue weighted by Crippen LogP contribution is 2.37. The molecule has 6 nitrogen and oxygen atoms in total. The fourth-order valence-electron chi connectivity index (χ4n) is 5.64. The summed E-state index contributed by atoms with van der Waals surface area (Å²) in [4.78, 5) is 29.8. The zero-order valence-electron chi connectivity index (χ0n) is 21.0. The Morgan fingerprint density at radius 1 is 1.00 bits per heavy atom. The van der Waals surface area contributed by atoms with Gasteiger partial charge < -0.3 is 14.6 Å². The van der Waals surface area contributed by atoms with Crippen LogP contribution in [0.1, 0.15) is 67.9 Å². The lowest BCUT2D eigenvalue weighted by Crippen LogP contribution is -2.65. The number of anilines is 1. The second-order valence-electron chi connectivity index (χ2n) is 10.3. The first-order valence-corrected chi connectivity index (χ1v) is 12.8. The molecule has 2 heterocycles. The number of aromatic nitrogens is 1. The molecule has 2 aromatic carbocycles. The Labute approximate surface area is 207 Å². The molecule has 1 N–H and O–H groups in total. The Morgan fingerprint density at radius 2 is 1.69 bits per heavy atom. The first-order chi connectivity index (χ1) is 16.9. The number of nitrogens with zero attached hydrogens (tertiary/aromatic N) is 2. The maximum absolute atomic E-state index is 14.0. The van der Waals surface area contributed by atoms with Crippen LogP contribution in [0.5, 0.6) is 5.75 Å². The van der Waals surface area contributed by atoms with Crippen LogP contribution in [0.25, 0.3) is 10.9 Å². The number of carbonyl (C=O) groups excluding carboxylic acids is 2. The normalized spacial score (nSPS) is 21.3. The van der Waals surface area contributed by atoms with E-state index in [0.717, 1.165) is 53.6 Å². The molecule has 1 unspecified atom stereocenters. The Morgan fingerprint density at radius 3 is 2.37 bits per heavy atom. The van der Waals surface area contributed by atoms with Gasteiger partial charge in [-0.25, -0.2) is 0 Å². The summed E-state index contributed by atoms with van der Waals surface area (Å²) < 4.78 is 7.43. The van der Waals surface area contributed by atoms with Gasteiger partial charge in [-0.2, -0.15) is 0 Å². The molecule has 1 aliphatic carbocycles. The number of rotatable bonds is 4. The predicted octanol–water partition coefficient (Wildman–Crippen LogP) is 5.61. The Hall–Kier alpha value is -3.28. The first kappa shape index (κ1) is 23.5. The van der Waals surface area contributed by atoms with E-state index in [4.69, 9.17) is 4.74 Å². The summed E-state index contributed by atoms with van der Waals surface area (Å²) in [6, 6.07) is 15.7. The van der Waals surface area contributed by atoms with Crippen molar-refractivity contribution in [1.82, 2.24) is 9.88 Å². The third-order valence-corrected chi connectivity index (χ3v) is 7.71. The van der Waals surface area contributed by atoms with Gasteiger partial charge in [-0.3, -0.25) is 14.5 Å². The molecule has 1 fully saturated rings. The number of ether oxygens (including phenoxy) is 1. The average Bonchev–Trinajstić information content (AvgIpc) is 3.19. The summed E-state index contributed by atoms with van der Waals surface area (Å²) in [5.74, 6) is 0.477. The van der Waals surface area contributed by atoms with E-state index in [1.807, 2.05) is 66.9 Å². The number of aryl methyl sites for hydroxylation is 1. The lowest BCUT2D eigenvalue weighted by Gasteiger charge is -2.44. The lowest BCUT2D eigenvalue weighted by atomic mass is 9.91. The standard InChI is InChI=1S/C29H35N3O3/c1-20-11-14-23(15-12-20)32-27(33)26-17-21-13-16-24(35-3)18-25(21)31(26)19-29(32,2)28(34)30-22-9-7-5-4-6-8-10-22/h11-18,22H,4-10,19H2,1-3H3,(H,30,34). The number of hydrogen-bond donors (Lipinski definition) is 1. The van der Waals surface area contributed by atoms with Gasteiger partial charge >= 0.3 is 0 Å². The quantitative estimate of drug-likeness (QED) is 0.536. The molecule has 6 heteroatoms. The minimum atomic E-state index is -1.07. The molecule has 0 spiro atoms. The zero-order valence-corrected chi connectivity index (χ0v) is 21.0. The largest absolute Gasteiger partial charge is 0.497 e. The number of fused-ring (bicyclic) bond motifs is 3. The third kappa shape index (κ3) is 4.30. The van der Waals surface area contributed by atoms with Crippen LogP contribution in [0.3, 0.4) is 0 Å². The summed E-state index contributed by atoms with van der Waals surface area (Å²) in [7, 11) is 1.64. The van der Waals surface area contributed by atoms with Crippen LogP contribution in [-0.2, 0) is 11.3 Å². The van der Waals surface area contributed by atoms with E-state index >= 15 is 0 Å². The molecular formula is C29H35N3O3. The highest BCUT2D eigenvalue weighted by Gasteiger charge is 2.49. The predicted molar refractivity (Wildman–Crippen MR) is 139 cm³/mol. The third-order valence-electron chi connectivity index (χ3n) is 7.71. The van der Waals surface area contributed by atoms with Crippen LogP contribution in [-0.4, -0.2) is 35.1 Å². The van der Waals surface area contributed by atoms with Crippen LogP contribution in [0, 0.1) is 6.92 Å². The number of hydrogen-bond acceptors (Lipinski definition) is 3. The van der Waals surface area contributed by atoms with E-state index in [-0.39, 0.29) is 17.9 Å². The number of carbonyl (C=O) groups is 2. The van der Waals surface area contributed by atoms with E-state index in [0.29, 0.717) is 12.2 Å². The van der Waals surface area contributed by atoms with Gasteiger partial charge in [0.25, 0.3) is 5.91 Å². The first-order valence-electron chi connectivity index (χ1n) is 12.8. The Kier molecular flexibility index (Phi) is 6.30. The minimum absolute atomic E-state index is 0.0904. The van der Waals surface area contributed by atoms with Gasteiger partial charge in [0.05, 0.1) is 19.2 Å². The van der Waals surface area contributed by atoms with Gasteiger partial charge in [0, 0.05) is 23.2 Å². The SMILES string of the molecule is COc1ccc2cc3n(c2c1)CC(C)(C(=O)NC1CCCCCCC1)N(c1ccc(C)cc1)C3=O. The molecule has 1 aliphatic heterocycles. The lowest BCUT2D eigenvalue weighted by molar-refractivity contribution is -0.127. The average molecular weight is 474 g/mol. The fraction of sp³-hybridized carbons (Fsp3) is 0.448. The van der Waals surface area contributed by atoms with Crippen molar-refractivity contribution in [3.8, 4) is 5.75 Å². The van der Waals surface area contributed by atoms with Gasteiger partial charge in [0.15, 0.2) is 0 Å². The monoisotopic (exact) mass is 473 g/mol. The molecule has 1 aromatic heterocycles. The van der Waals surface area contributed by atoms with Crippen molar-refractivity contribution in [2.24, 2.45) is 0 Å². The van der Waals surface area contributed by atoms with Crippen molar-refractivity contribution in [2.75, 3.05) is 12.0 Å². The van der Waals surface area contributed by atoms with Crippen molar-refractivity contribution in [2.45, 2.75) is 76.9 Å². The molecule has 2 amide bonds. The summed E-state index contributed by atoms with van der Waals surface area (Å²) in [6.07, 6.45) is 7.98. The molecule has 3 aromatic rings. The van der Waals surface area contributed by atoms with E-state index in [9.17, 15) is 9.59 Å². The molecule has 0 saturated heterocycles.